The fourth-order valence-electron chi connectivity index (χ4n) is 2.98. The van der Waals surface area contributed by atoms with Crippen molar-refractivity contribution in [3.63, 3.8) is 0 Å². The highest BCUT2D eigenvalue weighted by Crippen LogP contribution is 2.22. The lowest BCUT2D eigenvalue weighted by Crippen LogP contribution is -2.32. The predicted molar refractivity (Wildman–Crippen MR) is 121 cm³/mol. The number of amides is 1. The van der Waals surface area contributed by atoms with Crippen LogP contribution in [0, 0.1) is 10.1 Å². The zero-order valence-corrected chi connectivity index (χ0v) is 18.0. The van der Waals surface area contributed by atoms with E-state index >= 15 is 0 Å². The highest BCUT2D eigenvalue weighted by molar-refractivity contribution is 7.89. The Labute approximate surface area is 185 Å². The van der Waals surface area contributed by atoms with E-state index in [1.165, 1.54) is 52.9 Å². The zero-order chi connectivity index (χ0) is 22.4. The molecule has 1 fully saturated rings. The molecule has 1 aliphatic rings. The van der Waals surface area contributed by atoms with Gasteiger partial charge >= 0.3 is 0 Å². The number of carbonyl (C=O) groups is 1. The van der Waals surface area contributed by atoms with Crippen molar-refractivity contribution < 1.29 is 18.1 Å². The van der Waals surface area contributed by atoms with Gasteiger partial charge in [-0.25, -0.2) is 8.42 Å². The average molecular weight is 461 g/mol. The molecule has 9 nitrogen and oxygen atoms in total. The summed E-state index contributed by atoms with van der Waals surface area (Å²) in [6, 6.07) is 11.9. The highest BCUT2D eigenvalue weighted by Gasteiger charge is 2.26. The van der Waals surface area contributed by atoms with Crippen molar-refractivity contribution in [2.24, 2.45) is 0 Å². The first kappa shape index (κ1) is 22.5. The number of thiocarbonyl (C=S) groups is 1. The van der Waals surface area contributed by atoms with E-state index in [9.17, 15) is 23.3 Å². The molecule has 0 bridgehead atoms. The molecule has 3 rings (SSSR count). The number of sulfonamides is 1. The molecular weight excluding hydrogens is 440 g/mol. The van der Waals surface area contributed by atoms with Crippen LogP contribution in [0.3, 0.4) is 0 Å². The summed E-state index contributed by atoms with van der Waals surface area (Å²) in [5.41, 5.74) is 1.12. The van der Waals surface area contributed by atoms with Crippen LogP contribution in [-0.2, 0) is 14.8 Å². The largest absolute Gasteiger partial charge is 0.332 e. The van der Waals surface area contributed by atoms with Crippen LogP contribution in [-0.4, -0.2) is 41.8 Å². The number of nitro groups is 1. The van der Waals surface area contributed by atoms with Crippen molar-refractivity contribution in [2.75, 3.05) is 18.4 Å². The van der Waals surface area contributed by atoms with Crippen LogP contribution in [0.2, 0.25) is 0 Å². The summed E-state index contributed by atoms with van der Waals surface area (Å²) in [6.07, 6.45) is 4.48. The summed E-state index contributed by atoms with van der Waals surface area (Å²) in [5.74, 6) is -0.482. The fraction of sp³-hybridized carbons (Fsp3) is 0.200. The molecule has 0 unspecified atom stereocenters. The van der Waals surface area contributed by atoms with Crippen LogP contribution < -0.4 is 10.6 Å². The van der Waals surface area contributed by atoms with E-state index in [1.54, 1.807) is 12.1 Å². The van der Waals surface area contributed by atoms with Gasteiger partial charge in [-0.3, -0.25) is 20.2 Å². The second-order valence-corrected chi connectivity index (χ2v) is 9.11. The fourth-order valence-corrected chi connectivity index (χ4v) is 4.72. The van der Waals surface area contributed by atoms with Crippen LogP contribution >= 0.6 is 12.2 Å². The van der Waals surface area contributed by atoms with Gasteiger partial charge in [-0.05, 0) is 73.1 Å². The van der Waals surface area contributed by atoms with Gasteiger partial charge < -0.3 is 5.32 Å². The third-order valence-electron chi connectivity index (χ3n) is 4.58. The molecule has 0 atom stereocenters. The van der Waals surface area contributed by atoms with Crippen LogP contribution in [0.1, 0.15) is 18.4 Å². The maximum Gasteiger partial charge on any atom is 0.269 e. The third-order valence-corrected chi connectivity index (χ3v) is 6.70. The minimum atomic E-state index is -3.49. The summed E-state index contributed by atoms with van der Waals surface area (Å²) < 4.78 is 26.5. The molecule has 0 radical (unpaired) electrons. The quantitative estimate of drug-likeness (QED) is 0.294. The van der Waals surface area contributed by atoms with Crippen molar-refractivity contribution in [1.82, 2.24) is 9.62 Å². The van der Waals surface area contributed by atoms with Gasteiger partial charge in [0.15, 0.2) is 5.11 Å². The van der Waals surface area contributed by atoms with Crippen molar-refractivity contribution in [3.8, 4) is 0 Å². The van der Waals surface area contributed by atoms with Crippen LogP contribution in [0.5, 0.6) is 0 Å². The van der Waals surface area contributed by atoms with Crippen LogP contribution in [0.4, 0.5) is 11.4 Å². The standard InChI is InChI=1S/C20H20N4O5S2/c25-19(12-5-15-3-8-17(9-4-15)24(26)27)22-20(30)21-16-6-10-18(11-7-16)31(28,29)23-13-1-2-14-23/h3-12H,1-2,13-14H2,(H2,21,22,25,30)/b12-5+. The van der Waals surface area contributed by atoms with Crippen molar-refractivity contribution in [1.29, 1.82) is 0 Å². The Hall–Kier alpha value is -3.15. The first-order valence-electron chi connectivity index (χ1n) is 9.40. The second-order valence-electron chi connectivity index (χ2n) is 6.76. The normalized spacial score (nSPS) is 14.5. The van der Waals surface area contributed by atoms with Crippen LogP contribution in [0.15, 0.2) is 59.5 Å². The van der Waals surface area contributed by atoms with Gasteiger partial charge in [0, 0.05) is 37.0 Å². The maximum absolute atomic E-state index is 12.5. The van der Waals surface area contributed by atoms with Crippen LogP contribution in [0.25, 0.3) is 6.08 Å². The molecule has 0 saturated carbocycles. The zero-order valence-electron chi connectivity index (χ0n) is 16.4. The maximum atomic E-state index is 12.5. The van der Waals surface area contributed by atoms with E-state index in [-0.39, 0.29) is 15.7 Å². The number of rotatable bonds is 6. The summed E-state index contributed by atoms with van der Waals surface area (Å²) in [6.45, 7) is 1.07. The van der Waals surface area contributed by atoms with Gasteiger partial charge in [0.25, 0.3) is 5.69 Å². The number of carbonyl (C=O) groups excluding carboxylic acids is 1. The topological polar surface area (TPSA) is 122 Å². The molecule has 2 aromatic rings. The number of nitrogens with zero attached hydrogens (tertiary/aromatic N) is 2. The van der Waals surface area contributed by atoms with Gasteiger partial charge in [-0.1, -0.05) is 0 Å². The first-order chi connectivity index (χ1) is 14.8. The Bertz CT molecular complexity index is 1110. The third kappa shape index (κ3) is 5.94. The lowest BCUT2D eigenvalue weighted by Gasteiger charge is -2.16. The second kappa shape index (κ2) is 9.77. The molecule has 0 aliphatic carbocycles. The van der Waals surface area contributed by atoms with E-state index in [4.69, 9.17) is 12.2 Å². The number of nitro benzene ring substituents is 1. The summed E-state index contributed by atoms with van der Waals surface area (Å²) >= 11 is 5.10. The van der Waals surface area contributed by atoms with Gasteiger partial charge in [0.1, 0.15) is 0 Å². The average Bonchev–Trinajstić information content (AvgIpc) is 3.29. The van der Waals surface area contributed by atoms with Gasteiger partial charge in [-0.2, -0.15) is 4.31 Å². The lowest BCUT2D eigenvalue weighted by molar-refractivity contribution is -0.384. The minimum Gasteiger partial charge on any atom is -0.332 e. The number of benzene rings is 2. The Morgan fingerprint density at radius 2 is 1.68 bits per heavy atom. The summed E-state index contributed by atoms with van der Waals surface area (Å²) in [4.78, 5) is 22.4. The Kier molecular flexibility index (Phi) is 7.10. The molecule has 2 N–H and O–H groups in total. The van der Waals surface area contributed by atoms with Gasteiger partial charge in [0.2, 0.25) is 15.9 Å². The van der Waals surface area contributed by atoms with Gasteiger partial charge in [0.05, 0.1) is 9.82 Å². The Morgan fingerprint density at radius 3 is 2.26 bits per heavy atom. The number of nitrogens with one attached hydrogen (secondary N) is 2. The molecule has 2 aromatic carbocycles. The molecule has 162 valence electrons. The molecule has 1 heterocycles. The minimum absolute atomic E-state index is 0.0359. The van der Waals surface area contributed by atoms with E-state index in [0.717, 1.165) is 12.8 Å². The SMILES string of the molecule is O=C(/C=C/c1ccc([N+](=O)[O-])cc1)NC(=S)Nc1ccc(S(=O)(=O)N2CCCC2)cc1. The molecule has 0 spiro atoms. The van der Waals surface area contributed by atoms with Gasteiger partial charge in [-0.15, -0.1) is 0 Å². The summed E-state index contributed by atoms with van der Waals surface area (Å²) in [7, 11) is -3.49. The van der Waals surface area contributed by atoms with E-state index in [2.05, 4.69) is 10.6 Å². The lowest BCUT2D eigenvalue weighted by atomic mass is 10.2. The first-order valence-corrected chi connectivity index (χ1v) is 11.3. The van der Waals surface area contributed by atoms with E-state index < -0.39 is 20.9 Å². The predicted octanol–water partition coefficient (Wildman–Crippen LogP) is 2.91. The van der Waals surface area contributed by atoms with E-state index in [0.29, 0.717) is 24.3 Å². The molecule has 1 aliphatic heterocycles. The number of non-ortho nitro benzene ring substituents is 1. The molecule has 1 saturated heterocycles. The smallest absolute Gasteiger partial charge is 0.269 e. The molecular formula is C20H20N4O5S2. The Balaban J connectivity index is 1.54. The highest BCUT2D eigenvalue weighted by atomic mass is 32.2. The van der Waals surface area contributed by atoms with Crippen molar-refractivity contribution in [3.05, 3.63) is 70.3 Å². The molecule has 31 heavy (non-hydrogen) atoms. The number of hydrogen-bond donors (Lipinski definition) is 2. The molecule has 0 aromatic heterocycles. The number of anilines is 1. The Morgan fingerprint density at radius 1 is 1.06 bits per heavy atom. The molecule has 11 heteroatoms. The summed E-state index contributed by atoms with van der Waals surface area (Å²) in [5, 5.41) is 16.0. The number of hydrogen-bond acceptors (Lipinski definition) is 6. The monoisotopic (exact) mass is 460 g/mol. The van der Waals surface area contributed by atoms with Crippen molar-refractivity contribution >= 4 is 50.7 Å². The van der Waals surface area contributed by atoms with E-state index in [1.807, 2.05) is 0 Å². The molecule has 1 amide bonds. The van der Waals surface area contributed by atoms with Crippen molar-refractivity contribution in [2.45, 2.75) is 17.7 Å².